The number of hydrogen-bond donors (Lipinski definition) is 1. The van der Waals surface area contributed by atoms with Crippen molar-refractivity contribution in [2.45, 2.75) is 58.0 Å². The molecule has 1 heterocycles. The first-order valence-corrected chi connectivity index (χ1v) is 7.64. The van der Waals surface area contributed by atoms with Crippen molar-refractivity contribution >= 4 is 0 Å². The van der Waals surface area contributed by atoms with E-state index in [1.165, 1.54) is 36.9 Å². The van der Waals surface area contributed by atoms with E-state index in [2.05, 4.69) is 43.0 Å². The van der Waals surface area contributed by atoms with Crippen molar-refractivity contribution in [3.8, 4) is 0 Å². The fourth-order valence-electron chi connectivity index (χ4n) is 2.99. The van der Waals surface area contributed by atoms with Crippen LogP contribution >= 0.6 is 0 Å². The molecule has 2 rings (SSSR count). The average molecular weight is 261 g/mol. The van der Waals surface area contributed by atoms with Crippen molar-refractivity contribution in [3.63, 3.8) is 0 Å². The summed E-state index contributed by atoms with van der Waals surface area (Å²) in [6, 6.07) is 9.61. The molecule has 0 aromatic heterocycles. The Morgan fingerprint density at radius 1 is 1.21 bits per heavy atom. The molecule has 1 atom stereocenters. The van der Waals surface area contributed by atoms with Crippen LogP contribution in [0.25, 0.3) is 0 Å². The van der Waals surface area contributed by atoms with Crippen LogP contribution in [0.3, 0.4) is 0 Å². The van der Waals surface area contributed by atoms with E-state index < -0.39 is 0 Å². The van der Waals surface area contributed by atoms with E-state index in [9.17, 15) is 5.11 Å². The Labute approximate surface area is 117 Å². The highest BCUT2D eigenvalue weighted by Gasteiger charge is 2.21. The Morgan fingerprint density at radius 3 is 2.58 bits per heavy atom. The second kappa shape index (κ2) is 7.06. The second-order valence-corrected chi connectivity index (χ2v) is 6.03. The van der Waals surface area contributed by atoms with E-state index in [1.807, 2.05) is 0 Å². The first-order valence-electron chi connectivity index (χ1n) is 7.64. The first-order chi connectivity index (χ1) is 9.20. The standard InChI is InChI=1S/C17H27NO/c1-14(2)16-8-6-15(7-9-16)13-18-11-4-3-5-17(18)10-12-19/h6-9,14,17,19H,3-5,10-13H2,1-2H3. The monoisotopic (exact) mass is 261 g/mol. The maximum atomic E-state index is 9.17. The highest BCUT2D eigenvalue weighted by Crippen LogP contribution is 2.22. The molecule has 1 saturated heterocycles. The molecular weight excluding hydrogens is 234 g/mol. The molecule has 106 valence electrons. The van der Waals surface area contributed by atoms with E-state index in [0.29, 0.717) is 18.6 Å². The van der Waals surface area contributed by atoms with E-state index in [0.717, 1.165) is 13.0 Å². The second-order valence-electron chi connectivity index (χ2n) is 6.03. The molecular formula is C17H27NO. The van der Waals surface area contributed by atoms with Gasteiger partial charge in [-0.3, -0.25) is 4.90 Å². The smallest absolute Gasteiger partial charge is 0.0445 e. The van der Waals surface area contributed by atoms with Gasteiger partial charge in [-0.2, -0.15) is 0 Å². The number of likely N-dealkylation sites (tertiary alicyclic amines) is 1. The molecule has 1 aromatic carbocycles. The fraction of sp³-hybridized carbons (Fsp3) is 0.647. The summed E-state index contributed by atoms with van der Waals surface area (Å²) in [6.45, 7) is 6.99. The van der Waals surface area contributed by atoms with Gasteiger partial charge in [-0.15, -0.1) is 0 Å². The normalized spacial score (nSPS) is 20.9. The number of nitrogens with zero attached hydrogens (tertiary/aromatic N) is 1. The number of benzene rings is 1. The number of aliphatic hydroxyl groups is 1. The van der Waals surface area contributed by atoms with Gasteiger partial charge < -0.3 is 5.11 Å². The van der Waals surface area contributed by atoms with Crippen molar-refractivity contribution in [1.82, 2.24) is 4.90 Å². The van der Waals surface area contributed by atoms with Gasteiger partial charge in [-0.1, -0.05) is 44.5 Å². The lowest BCUT2D eigenvalue weighted by Gasteiger charge is -2.35. The van der Waals surface area contributed by atoms with Gasteiger partial charge in [-0.05, 0) is 42.9 Å². The van der Waals surface area contributed by atoms with Crippen molar-refractivity contribution < 1.29 is 5.11 Å². The molecule has 0 bridgehead atoms. The molecule has 19 heavy (non-hydrogen) atoms. The number of hydrogen-bond acceptors (Lipinski definition) is 2. The molecule has 1 aliphatic heterocycles. The van der Waals surface area contributed by atoms with E-state index in [1.54, 1.807) is 0 Å². The summed E-state index contributed by atoms with van der Waals surface area (Å²) < 4.78 is 0. The van der Waals surface area contributed by atoms with Crippen LogP contribution in [0.5, 0.6) is 0 Å². The van der Waals surface area contributed by atoms with E-state index in [-0.39, 0.29) is 0 Å². The summed E-state index contributed by atoms with van der Waals surface area (Å²) in [6.07, 6.45) is 4.77. The summed E-state index contributed by atoms with van der Waals surface area (Å²) >= 11 is 0. The van der Waals surface area contributed by atoms with Crippen LogP contribution in [-0.4, -0.2) is 29.2 Å². The van der Waals surface area contributed by atoms with E-state index >= 15 is 0 Å². The van der Waals surface area contributed by atoms with Crippen molar-refractivity contribution in [2.24, 2.45) is 0 Å². The maximum Gasteiger partial charge on any atom is 0.0445 e. The molecule has 2 nitrogen and oxygen atoms in total. The maximum absolute atomic E-state index is 9.17. The highest BCUT2D eigenvalue weighted by molar-refractivity contribution is 5.24. The Kier molecular flexibility index (Phi) is 5.41. The predicted molar refractivity (Wildman–Crippen MR) is 80.3 cm³/mol. The number of piperidine rings is 1. The topological polar surface area (TPSA) is 23.5 Å². The zero-order chi connectivity index (χ0) is 13.7. The van der Waals surface area contributed by atoms with Gasteiger partial charge in [0, 0.05) is 19.2 Å². The van der Waals surface area contributed by atoms with Crippen molar-refractivity contribution in [3.05, 3.63) is 35.4 Å². The third-order valence-corrected chi connectivity index (χ3v) is 4.24. The molecule has 1 unspecified atom stereocenters. The van der Waals surface area contributed by atoms with Crippen molar-refractivity contribution in [2.75, 3.05) is 13.2 Å². The van der Waals surface area contributed by atoms with Gasteiger partial charge in [0.05, 0.1) is 0 Å². The lowest BCUT2D eigenvalue weighted by atomic mass is 9.98. The quantitative estimate of drug-likeness (QED) is 0.876. The summed E-state index contributed by atoms with van der Waals surface area (Å²) in [5.41, 5.74) is 2.81. The Hall–Kier alpha value is -0.860. The predicted octanol–water partition coefficient (Wildman–Crippen LogP) is 3.55. The number of rotatable bonds is 5. The molecule has 1 aromatic rings. The summed E-state index contributed by atoms with van der Waals surface area (Å²) in [5, 5.41) is 9.17. The van der Waals surface area contributed by atoms with Crippen LogP contribution in [0.2, 0.25) is 0 Å². The van der Waals surface area contributed by atoms with Crippen LogP contribution in [0, 0.1) is 0 Å². The Balaban J connectivity index is 1.98. The SMILES string of the molecule is CC(C)c1ccc(CN2CCCCC2CCO)cc1. The zero-order valence-corrected chi connectivity index (χ0v) is 12.3. The lowest BCUT2D eigenvalue weighted by molar-refractivity contribution is 0.112. The molecule has 0 saturated carbocycles. The summed E-state index contributed by atoms with van der Waals surface area (Å²) in [5.74, 6) is 0.603. The van der Waals surface area contributed by atoms with Gasteiger partial charge in [-0.25, -0.2) is 0 Å². The lowest BCUT2D eigenvalue weighted by Crippen LogP contribution is -2.39. The average Bonchev–Trinajstić information content (AvgIpc) is 2.42. The fourth-order valence-corrected chi connectivity index (χ4v) is 2.99. The molecule has 0 amide bonds. The summed E-state index contributed by atoms with van der Waals surface area (Å²) in [7, 11) is 0. The molecule has 0 aliphatic carbocycles. The minimum absolute atomic E-state index is 0.313. The van der Waals surface area contributed by atoms with Crippen LogP contribution in [0.1, 0.15) is 56.6 Å². The van der Waals surface area contributed by atoms with Crippen LogP contribution in [0.4, 0.5) is 0 Å². The van der Waals surface area contributed by atoms with Gasteiger partial charge in [0.25, 0.3) is 0 Å². The van der Waals surface area contributed by atoms with Crippen LogP contribution in [0.15, 0.2) is 24.3 Å². The third-order valence-electron chi connectivity index (χ3n) is 4.24. The largest absolute Gasteiger partial charge is 0.396 e. The van der Waals surface area contributed by atoms with Gasteiger partial charge >= 0.3 is 0 Å². The number of aliphatic hydroxyl groups excluding tert-OH is 1. The van der Waals surface area contributed by atoms with Gasteiger partial charge in [0.1, 0.15) is 0 Å². The zero-order valence-electron chi connectivity index (χ0n) is 12.3. The van der Waals surface area contributed by atoms with Gasteiger partial charge in [0.2, 0.25) is 0 Å². The first kappa shape index (κ1) is 14.5. The molecule has 1 aliphatic rings. The minimum Gasteiger partial charge on any atom is -0.396 e. The van der Waals surface area contributed by atoms with Crippen molar-refractivity contribution in [1.29, 1.82) is 0 Å². The Morgan fingerprint density at radius 2 is 1.95 bits per heavy atom. The summed E-state index contributed by atoms with van der Waals surface area (Å²) in [4.78, 5) is 2.55. The molecule has 1 N–H and O–H groups in total. The Bertz CT molecular complexity index is 369. The third kappa shape index (κ3) is 4.05. The van der Waals surface area contributed by atoms with Crippen LogP contribution in [-0.2, 0) is 6.54 Å². The van der Waals surface area contributed by atoms with E-state index in [4.69, 9.17) is 0 Å². The molecule has 0 spiro atoms. The highest BCUT2D eigenvalue weighted by atomic mass is 16.3. The molecule has 2 heteroatoms. The minimum atomic E-state index is 0.313. The molecule has 1 fully saturated rings. The van der Waals surface area contributed by atoms with Crippen LogP contribution < -0.4 is 0 Å². The van der Waals surface area contributed by atoms with Gasteiger partial charge in [0.15, 0.2) is 0 Å². The molecule has 0 radical (unpaired) electrons.